The molecule has 1 rings (SSSR count). The van der Waals surface area contributed by atoms with Crippen molar-refractivity contribution in [1.82, 2.24) is 15.1 Å². The summed E-state index contributed by atoms with van der Waals surface area (Å²) in [6, 6.07) is 0.286. The largest absolute Gasteiger partial charge is 0.407 e. The lowest BCUT2D eigenvalue weighted by Gasteiger charge is -2.09. The smallest absolute Gasteiger partial charge is 0.315 e. The summed E-state index contributed by atoms with van der Waals surface area (Å²) < 4.78 is 5.20. The normalized spacial score (nSPS) is 12.2. The monoisotopic (exact) mass is 246 g/mol. The minimum atomic E-state index is -0.313. The molecule has 0 saturated heterocycles. The number of carbonyl (C=O) groups excluding carboxylic acids is 1. The standard InChI is InChI=1S/C9H15ClN4O2/c1-6(10)8-12-13-9(16-8)11-5-4-7(15)14(2)3/h6H,4-5H2,1-3H3,(H,11,13). The lowest BCUT2D eigenvalue weighted by atomic mass is 10.4. The van der Waals surface area contributed by atoms with Gasteiger partial charge in [0, 0.05) is 27.1 Å². The number of rotatable bonds is 5. The van der Waals surface area contributed by atoms with E-state index in [1.165, 1.54) is 4.90 Å². The summed E-state index contributed by atoms with van der Waals surface area (Å²) in [5.41, 5.74) is 0. The molecular formula is C9H15ClN4O2. The van der Waals surface area contributed by atoms with E-state index in [0.717, 1.165) is 0 Å². The number of carbonyl (C=O) groups is 1. The van der Waals surface area contributed by atoms with Crippen LogP contribution in [0.4, 0.5) is 6.01 Å². The average Bonchev–Trinajstić information content (AvgIpc) is 2.66. The van der Waals surface area contributed by atoms with Crippen LogP contribution in [0.2, 0.25) is 0 Å². The van der Waals surface area contributed by atoms with Crippen molar-refractivity contribution in [1.29, 1.82) is 0 Å². The van der Waals surface area contributed by atoms with Crippen LogP contribution >= 0.6 is 11.6 Å². The third-order valence-corrected chi connectivity index (χ3v) is 2.08. The molecule has 0 saturated carbocycles. The third kappa shape index (κ3) is 3.69. The Morgan fingerprint density at radius 1 is 1.56 bits per heavy atom. The molecule has 0 spiro atoms. The van der Waals surface area contributed by atoms with Gasteiger partial charge in [0.05, 0.1) is 0 Å². The Morgan fingerprint density at radius 2 is 2.25 bits per heavy atom. The number of nitrogens with zero attached hydrogens (tertiary/aromatic N) is 3. The van der Waals surface area contributed by atoms with Gasteiger partial charge in [-0.2, -0.15) is 0 Å². The Bertz CT molecular complexity index is 351. The summed E-state index contributed by atoms with van der Waals surface area (Å²) in [6.07, 6.45) is 0.376. The van der Waals surface area contributed by atoms with Gasteiger partial charge >= 0.3 is 6.01 Å². The van der Waals surface area contributed by atoms with E-state index in [1.54, 1.807) is 21.0 Å². The first kappa shape index (κ1) is 12.8. The fourth-order valence-corrected chi connectivity index (χ4v) is 1.05. The minimum Gasteiger partial charge on any atom is -0.407 e. The van der Waals surface area contributed by atoms with Crippen LogP contribution in [0.5, 0.6) is 0 Å². The highest BCUT2D eigenvalue weighted by molar-refractivity contribution is 6.20. The second kappa shape index (κ2) is 5.69. The number of aromatic nitrogens is 2. The van der Waals surface area contributed by atoms with Crippen molar-refractivity contribution < 1.29 is 9.21 Å². The molecule has 6 nitrogen and oxygen atoms in total. The summed E-state index contributed by atoms with van der Waals surface area (Å²) in [6.45, 7) is 2.20. The molecule has 0 aliphatic carbocycles. The van der Waals surface area contributed by atoms with E-state index < -0.39 is 0 Å². The van der Waals surface area contributed by atoms with Crippen molar-refractivity contribution in [3.8, 4) is 0 Å². The number of alkyl halides is 1. The zero-order valence-corrected chi connectivity index (χ0v) is 10.3. The molecule has 1 aromatic heterocycles. The highest BCUT2D eigenvalue weighted by Gasteiger charge is 2.11. The Balaban J connectivity index is 2.35. The molecule has 16 heavy (non-hydrogen) atoms. The van der Waals surface area contributed by atoms with Crippen LogP contribution in [0.1, 0.15) is 24.6 Å². The SMILES string of the molecule is CC(Cl)c1nnc(NCCC(=O)N(C)C)o1. The van der Waals surface area contributed by atoms with Crippen molar-refractivity contribution in [2.45, 2.75) is 18.7 Å². The van der Waals surface area contributed by atoms with Crippen molar-refractivity contribution in [2.24, 2.45) is 0 Å². The van der Waals surface area contributed by atoms with E-state index in [-0.39, 0.29) is 17.3 Å². The van der Waals surface area contributed by atoms with Gasteiger partial charge in [-0.1, -0.05) is 5.10 Å². The third-order valence-electron chi connectivity index (χ3n) is 1.89. The van der Waals surface area contributed by atoms with Crippen molar-refractivity contribution in [2.75, 3.05) is 26.0 Å². The number of hydrogen-bond acceptors (Lipinski definition) is 5. The summed E-state index contributed by atoms with van der Waals surface area (Å²) >= 11 is 5.76. The lowest BCUT2D eigenvalue weighted by Crippen LogP contribution is -2.23. The molecule has 90 valence electrons. The highest BCUT2D eigenvalue weighted by atomic mass is 35.5. The second-order valence-electron chi connectivity index (χ2n) is 3.53. The van der Waals surface area contributed by atoms with Gasteiger partial charge in [0.2, 0.25) is 11.8 Å². The molecule has 1 aromatic rings. The van der Waals surface area contributed by atoms with Gasteiger partial charge in [-0.3, -0.25) is 4.79 Å². The number of anilines is 1. The fourth-order valence-electron chi connectivity index (χ4n) is 0.967. The van der Waals surface area contributed by atoms with E-state index >= 15 is 0 Å². The molecule has 0 aliphatic rings. The summed E-state index contributed by atoms with van der Waals surface area (Å²) in [5.74, 6) is 0.404. The molecule has 0 radical (unpaired) electrons. The zero-order valence-electron chi connectivity index (χ0n) is 9.53. The van der Waals surface area contributed by atoms with Crippen molar-refractivity contribution in [3.05, 3.63) is 5.89 Å². The van der Waals surface area contributed by atoms with Crippen molar-refractivity contribution in [3.63, 3.8) is 0 Å². The van der Waals surface area contributed by atoms with Crippen LogP contribution in [0.25, 0.3) is 0 Å². The van der Waals surface area contributed by atoms with Crippen molar-refractivity contribution >= 4 is 23.5 Å². The van der Waals surface area contributed by atoms with Crippen LogP contribution in [0, 0.1) is 0 Å². The maximum absolute atomic E-state index is 11.2. The van der Waals surface area contributed by atoms with Gasteiger partial charge < -0.3 is 14.6 Å². The Labute approximate surface area is 99.0 Å². The summed E-state index contributed by atoms with van der Waals surface area (Å²) in [5, 5.41) is 10.0. The summed E-state index contributed by atoms with van der Waals surface area (Å²) in [4.78, 5) is 12.8. The van der Waals surface area contributed by atoms with Crippen LogP contribution < -0.4 is 5.32 Å². The molecule has 1 heterocycles. The van der Waals surface area contributed by atoms with E-state index in [1.807, 2.05) is 0 Å². The maximum Gasteiger partial charge on any atom is 0.315 e. The van der Waals surface area contributed by atoms with Crippen LogP contribution in [0.3, 0.4) is 0 Å². The van der Waals surface area contributed by atoms with Gasteiger partial charge in [0.25, 0.3) is 0 Å². The van der Waals surface area contributed by atoms with Crippen LogP contribution in [-0.2, 0) is 4.79 Å². The molecule has 1 unspecified atom stereocenters. The molecule has 1 N–H and O–H groups in total. The average molecular weight is 247 g/mol. The first-order chi connectivity index (χ1) is 7.50. The van der Waals surface area contributed by atoms with E-state index in [4.69, 9.17) is 16.0 Å². The summed E-state index contributed by atoms with van der Waals surface area (Å²) in [7, 11) is 3.42. The Morgan fingerprint density at radius 3 is 2.75 bits per heavy atom. The van der Waals surface area contributed by atoms with E-state index in [0.29, 0.717) is 18.9 Å². The number of amides is 1. The van der Waals surface area contributed by atoms with Crippen LogP contribution in [-0.4, -0.2) is 41.6 Å². The maximum atomic E-state index is 11.2. The van der Waals surface area contributed by atoms with Gasteiger partial charge in [0.15, 0.2) is 0 Å². The molecule has 1 amide bonds. The number of halogens is 1. The van der Waals surface area contributed by atoms with Gasteiger partial charge in [0.1, 0.15) is 5.38 Å². The Kier molecular flexibility index (Phi) is 4.54. The van der Waals surface area contributed by atoms with E-state index in [9.17, 15) is 4.79 Å². The number of nitrogens with one attached hydrogen (secondary N) is 1. The molecule has 0 bridgehead atoms. The number of hydrogen-bond donors (Lipinski definition) is 1. The molecule has 0 aliphatic heterocycles. The van der Waals surface area contributed by atoms with Gasteiger partial charge in [-0.05, 0) is 6.92 Å². The quantitative estimate of drug-likeness (QED) is 0.792. The molecule has 0 aromatic carbocycles. The second-order valence-corrected chi connectivity index (χ2v) is 4.18. The van der Waals surface area contributed by atoms with Gasteiger partial charge in [-0.15, -0.1) is 16.7 Å². The highest BCUT2D eigenvalue weighted by Crippen LogP contribution is 2.18. The zero-order chi connectivity index (χ0) is 12.1. The molecular weight excluding hydrogens is 232 g/mol. The lowest BCUT2D eigenvalue weighted by molar-refractivity contribution is -0.128. The first-order valence-corrected chi connectivity index (χ1v) is 5.36. The molecule has 0 fully saturated rings. The molecule has 7 heteroatoms. The minimum absolute atomic E-state index is 0.0398. The first-order valence-electron chi connectivity index (χ1n) is 4.92. The fraction of sp³-hybridized carbons (Fsp3) is 0.667. The van der Waals surface area contributed by atoms with Crippen LogP contribution in [0.15, 0.2) is 4.42 Å². The topological polar surface area (TPSA) is 71.3 Å². The predicted octanol–water partition coefficient (Wildman–Crippen LogP) is 1.26. The Hall–Kier alpha value is -1.30. The predicted molar refractivity (Wildman–Crippen MR) is 60.4 cm³/mol. The van der Waals surface area contributed by atoms with Gasteiger partial charge in [-0.25, -0.2) is 0 Å². The van der Waals surface area contributed by atoms with E-state index in [2.05, 4.69) is 15.5 Å². The molecule has 1 atom stereocenters.